The fourth-order valence-electron chi connectivity index (χ4n) is 1.39. The van der Waals surface area contributed by atoms with E-state index in [-0.39, 0.29) is 0 Å². The summed E-state index contributed by atoms with van der Waals surface area (Å²) in [6.07, 6.45) is 0. The highest BCUT2D eigenvalue weighted by Gasteiger charge is 2.09. The molecule has 0 fully saturated rings. The summed E-state index contributed by atoms with van der Waals surface area (Å²) >= 11 is 3.43. The molecule has 0 aliphatic carbocycles. The molecule has 1 aromatic carbocycles. The van der Waals surface area contributed by atoms with Crippen molar-refractivity contribution in [1.82, 2.24) is 4.90 Å². The molecule has 3 nitrogen and oxygen atoms in total. The Morgan fingerprint density at radius 2 is 1.73 bits per heavy atom. The fourth-order valence-corrected chi connectivity index (χ4v) is 1.87. The molecule has 0 aromatic heterocycles. The smallest absolute Gasteiger partial charge is 0.133 e. The number of nitrogens with zero attached hydrogens (tertiary/aromatic N) is 1. The lowest BCUT2D eigenvalue weighted by atomic mass is 10.2. The van der Waals surface area contributed by atoms with Crippen LogP contribution in [0.3, 0.4) is 0 Å². The molecular formula is C11H16BrNO2. The Balaban J connectivity index is 3.10. The average molecular weight is 274 g/mol. The highest BCUT2D eigenvalue weighted by molar-refractivity contribution is 9.10. The first kappa shape index (κ1) is 12.3. The largest absolute Gasteiger partial charge is 0.496 e. The van der Waals surface area contributed by atoms with Gasteiger partial charge in [0, 0.05) is 12.1 Å². The van der Waals surface area contributed by atoms with Crippen LogP contribution in [0.4, 0.5) is 0 Å². The summed E-state index contributed by atoms with van der Waals surface area (Å²) < 4.78 is 11.5. The van der Waals surface area contributed by atoms with Gasteiger partial charge in [-0.25, -0.2) is 0 Å². The minimum absolute atomic E-state index is 0.826. The molecule has 15 heavy (non-hydrogen) atoms. The van der Waals surface area contributed by atoms with Gasteiger partial charge in [-0.3, -0.25) is 0 Å². The summed E-state index contributed by atoms with van der Waals surface area (Å²) in [6, 6.07) is 3.92. The third-order valence-corrected chi connectivity index (χ3v) is 2.66. The molecule has 0 aliphatic heterocycles. The first-order valence-electron chi connectivity index (χ1n) is 4.63. The summed E-state index contributed by atoms with van der Waals surface area (Å²) in [5, 5.41) is 0. The van der Waals surface area contributed by atoms with Crippen molar-refractivity contribution in [2.75, 3.05) is 28.3 Å². The van der Waals surface area contributed by atoms with E-state index in [1.165, 1.54) is 0 Å². The first-order valence-corrected chi connectivity index (χ1v) is 5.43. The summed E-state index contributed by atoms with van der Waals surface area (Å²) in [6.45, 7) is 0.826. The van der Waals surface area contributed by atoms with Gasteiger partial charge in [0.05, 0.1) is 18.7 Å². The van der Waals surface area contributed by atoms with Crippen LogP contribution in [0.1, 0.15) is 5.56 Å². The molecule has 0 atom stereocenters. The second kappa shape index (κ2) is 5.37. The van der Waals surface area contributed by atoms with Crippen molar-refractivity contribution >= 4 is 15.9 Å². The molecule has 4 heteroatoms. The summed E-state index contributed by atoms with van der Waals surface area (Å²) in [5.74, 6) is 1.70. The van der Waals surface area contributed by atoms with Gasteiger partial charge in [0.1, 0.15) is 11.5 Å². The Kier molecular flexibility index (Phi) is 4.42. The molecule has 1 rings (SSSR count). The highest BCUT2D eigenvalue weighted by atomic mass is 79.9. The van der Waals surface area contributed by atoms with E-state index in [4.69, 9.17) is 9.47 Å². The standard InChI is InChI=1S/C11H16BrNO2/c1-13(2)7-8-5-11(15-4)9(12)6-10(8)14-3/h5-6H,7H2,1-4H3. The highest BCUT2D eigenvalue weighted by Crippen LogP contribution is 2.33. The lowest BCUT2D eigenvalue weighted by molar-refractivity contribution is 0.366. The van der Waals surface area contributed by atoms with Gasteiger partial charge in [-0.05, 0) is 42.2 Å². The summed E-state index contributed by atoms with van der Waals surface area (Å²) in [5.41, 5.74) is 1.11. The maximum Gasteiger partial charge on any atom is 0.133 e. The van der Waals surface area contributed by atoms with Gasteiger partial charge in [0.2, 0.25) is 0 Å². The zero-order valence-corrected chi connectivity index (χ0v) is 11.1. The van der Waals surface area contributed by atoms with Crippen molar-refractivity contribution in [3.05, 3.63) is 22.2 Å². The van der Waals surface area contributed by atoms with Crippen LogP contribution in [0.25, 0.3) is 0 Å². The lowest BCUT2D eigenvalue weighted by Crippen LogP contribution is -2.11. The number of methoxy groups -OCH3 is 2. The van der Waals surface area contributed by atoms with Crippen molar-refractivity contribution in [2.45, 2.75) is 6.54 Å². The number of rotatable bonds is 4. The fraction of sp³-hybridized carbons (Fsp3) is 0.455. The minimum atomic E-state index is 0.826. The Labute approximate surface area is 99.1 Å². The molecule has 0 amide bonds. The normalized spacial score (nSPS) is 10.5. The number of benzene rings is 1. The monoisotopic (exact) mass is 273 g/mol. The van der Waals surface area contributed by atoms with E-state index in [2.05, 4.69) is 20.8 Å². The van der Waals surface area contributed by atoms with Crippen molar-refractivity contribution < 1.29 is 9.47 Å². The molecule has 0 heterocycles. The summed E-state index contributed by atoms with van der Waals surface area (Å²) in [4.78, 5) is 2.09. The van der Waals surface area contributed by atoms with Crippen LogP contribution >= 0.6 is 15.9 Å². The molecule has 0 radical (unpaired) electrons. The Hall–Kier alpha value is -0.740. The maximum atomic E-state index is 5.31. The van der Waals surface area contributed by atoms with Crippen LogP contribution in [0, 0.1) is 0 Å². The van der Waals surface area contributed by atoms with Crippen LogP contribution in [0.15, 0.2) is 16.6 Å². The number of ether oxygens (including phenoxy) is 2. The quantitative estimate of drug-likeness (QED) is 0.842. The number of halogens is 1. The molecule has 0 spiro atoms. The Bertz CT molecular complexity index is 340. The predicted octanol–water partition coefficient (Wildman–Crippen LogP) is 2.53. The van der Waals surface area contributed by atoms with E-state index in [9.17, 15) is 0 Å². The van der Waals surface area contributed by atoms with Gasteiger partial charge in [-0.15, -0.1) is 0 Å². The summed E-state index contributed by atoms with van der Waals surface area (Å²) in [7, 11) is 7.38. The first-order chi connectivity index (χ1) is 7.08. The molecule has 0 saturated heterocycles. The molecule has 0 bridgehead atoms. The van der Waals surface area contributed by atoms with E-state index in [1.54, 1.807) is 14.2 Å². The van der Waals surface area contributed by atoms with Crippen molar-refractivity contribution in [3.63, 3.8) is 0 Å². The molecule has 84 valence electrons. The van der Waals surface area contributed by atoms with Crippen molar-refractivity contribution in [3.8, 4) is 11.5 Å². The third-order valence-electron chi connectivity index (χ3n) is 2.04. The Morgan fingerprint density at radius 1 is 1.13 bits per heavy atom. The zero-order valence-electron chi connectivity index (χ0n) is 9.50. The molecule has 0 saturated carbocycles. The lowest BCUT2D eigenvalue weighted by Gasteiger charge is -2.15. The van der Waals surface area contributed by atoms with Gasteiger partial charge in [0.15, 0.2) is 0 Å². The van der Waals surface area contributed by atoms with Crippen molar-refractivity contribution in [2.24, 2.45) is 0 Å². The van der Waals surface area contributed by atoms with Crippen LogP contribution in [-0.2, 0) is 6.54 Å². The predicted molar refractivity (Wildman–Crippen MR) is 64.6 cm³/mol. The van der Waals surface area contributed by atoms with Crippen LogP contribution in [0.5, 0.6) is 11.5 Å². The Morgan fingerprint density at radius 3 is 2.20 bits per heavy atom. The van der Waals surface area contributed by atoms with E-state index < -0.39 is 0 Å². The maximum absolute atomic E-state index is 5.31. The van der Waals surface area contributed by atoms with E-state index >= 15 is 0 Å². The molecule has 0 unspecified atom stereocenters. The third kappa shape index (κ3) is 3.11. The van der Waals surface area contributed by atoms with Gasteiger partial charge >= 0.3 is 0 Å². The van der Waals surface area contributed by atoms with E-state index in [0.29, 0.717) is 0 Å². The molecular weight excluding hydrogens is 258 g/mol. The average Bonchev–Trinajstić information content (AvgIpc) is 2.19. The second-order valence-electron chi connectivity index (χ2n) is 3.54. The van der Waals surface area contributed by atoms with Gasteiger partial charge in [-0.2, -0.15) is 0 Å². The van der Waals surface area contributed by atoms with Crippen LogP contribution in [0.2, 0.25) is 0 Å². The van der Waals surface area contributed by atoms with Gasteiger partial charge in [0.25, 0.3) is 0 Å². The van der Waals surface area contributed by atoms with Gasteiger partial charge < -0.3 is 14.4 Å². The van der Waals surface area contributed by atoms with E-state index in [0.717, 1.165) is 28.1 Å². The molecule has 0 N–H and O–H groups in total. The molecule has 0 aliphatic rings. The SMILES string of the molecule is COc1cc(CN(C)C)c(OC)cc1Br. The number of hydrogen-bond donors (Lipinski definition) is 0. The van der Waals surface area contributed by atoms with Gasteiger partial charge in [-0.1, -0.05) is 0 Å². The van der Waals surface area contributed by atoms with E-state index in [1.807, 2.05) is 26.2 Å². The number of hydrogen-bond acceptors (Lipinski definition) is 3. The minimum Gasteiger partial charge on any atom is -0.496 e. The molecule has 1 aromatic rings. The zero-order chi connectivity index (χ0) is 11.4. The topological polar surface area (TPSA) is 21.7 Å². The van der Waals surface area contributed by atoms with Crippen molar-refractivity contribution in [1.29, 1.82) is 0 Å². The second-order valence-corrected chi connectivity index (χ2v) is 4.39. The van der Waals surface area contributed by atoms with Crippen LogP contribution in [-0.4, -0.2) is 33.2 Å². The van der Waals surface area contributed by atoms with Crippen LogP contribution < -0.4 is 9.47 Å².